The number of methoxy groups -OCH3 is 1. The van der Waals surface area contributed by atoms with Crippen molar-refractivity contribution >= 4 is 51.0 Å². The summed E-state index contributed by atoms with van der Waals surface area (Å²) in [4.78, 5) is 25.6. The number of rotatable bonds is 10. The van der Waals surface area contributed by atoms with Crippen molar-refractivity contribution in [2.45, 2.75) is 20.0 Å². The highest BCUT2D eigenvalue weighted by atomic mass is 79.9. The van der Waals surface area contributed by atoms with Crippen LogP contribution >= 0.6 is 27.3 Å². The SMILES string of the molecule is COc1cc(/C=N/NC(=O)c2ccc(NC(=O)Cc3cccs3)cc2)cc(Br)c1OCc1ccc(C)cc1. The molecule has 4 rings (SSSR count). The minimum absolute atomic E-state index is 0.109. The Labute approximate surface area is 233 Å². The second-order valence-electron chi connectivity index (χ2n) is 8.39. The number of nitrogens with one attached hydrogen (secondary N) is 2. The number of nitrogens with zero attached hydrogens (tertiary/aromatic N) is 1. The normalized spacial score (nSPS) is 10.8. The van der Waals surface area contributed by atoms with Crippen LogP contribution in [0, 0.1) is 6.92 Å². The van der Waals surface area contributed by atoms with E-state index in [1.54, 1.807) is 37.4 Å². The molecule has 7 nitrogen and oxygen atoms in total. The molecule has 0 unspecified atom stereocenters. The van der Waals surface area contributed by atoms with Gasteiger partial charge in [0.15, 0.2) is 11.5 Å². The Balaban J connectivity index is 1.32. The summed E-state index contributed by atoms with van der Waals surface area (Å²) in [5.41, 5.74) is 6.50. The highest BCUT2D eigenvalue weighted by molar-refractivity contribution is 9.10. The van der Waals surface area contributed by atoms with Gasteiger partial charge in [-0.15, -0.1) is 11.3 Å². The van der Waals surface area contributed by atoms with Gasteiger partial charge in [0, 0.05) is 16.1 Å². The highest BCUT2D eigenvalue weighted by Gasteiger charge is 2.12. The smallest absolute Gasteiger partial charge is 0.271 e. The molecule has 194 valence electrons. The molecule has 0 aliphatic rings. The molecule has 3 aromatic carbocycles. The number of carbonyl (C=O) groups excluding carboxylic acids is 2. The van der Waals surface area contributed by atoms with E-state index in [0.717, 1.165) is 10.4 Å². The predicted octanol–water partition coefficient (Wildman–Crippen LogP) is 6.35. The van der Waals surface area contributed by atoms with Crippen LogP contribution in [0.4, 0.5) is 5.69 Å². The summed E-state index contributed by atoms with van der Waals surface area (Å²) in [6.45, 7) is 2.44. The van der Waals surface area contributed by atoms with E-state index < -0.39 is 0 Å². The van der Waals surface area contributed by atoms with Crippen molar-refractivity contribution in [3.63, 3.8) is 0 Å². The van der Waals surface area contributed by atoms with E-state index in [9.17, 15) is 9.59 Å². The van der Waals surface area contributed by atoms with Crippen molar-refractivity contribution in [2.24, 2.45) is 5.10 Å². The Kier molecular flexibility index (Phi) is 9.29. The van der Waals surface area contributed by atoms with Gasteiger partial charge in [0.1, 0.15) is 6.61 Å². The molecule has 9 heteroatoms. The topological polar surface area (TPSA) is 89.0 Å². The van der Waals surface area contributed by atoms with Crippen molar-refractivity contribution < 1.29 is 19.1 Å². The molecule has 1 heterocycles. The molecule has 4 aromatic rings. The second kappa shape index (κ2) is 13.0. The first-order valence-electron chi connectivity index (χ1n) is 11.7. The molecule has 0 spiro atoms. The van der Waals surface area contributed by atoms with Crippen LogP contribution in [0.25, 0.3) is 0 Å². The van der Waals surface area contributed by atoms with Crippen LogP contribution in [0.2, 0.25) is 0 Å². The number of hydrogen-bond acceptors (Lipinski definition) is 6. The minimum atomic E-state index is -0.373. The second-order valence-corrected chi connectivity index (χ2v) is 10.3. The summed E-state index contributed by atoms with van der Waals surface area (Å²) in [6, 6.07) is 22.2. The lowest BCUT2D eigenvalue weighted by molar-refractivity contribution is -0.115. The zero-order chi connectivity index (χ0) is 26.9. The maximum Gasteiger partial charge on any atom is 0.271 e. The van der Waals surface area contributed by atoms with E-state index in [1.807, 2.05) is 54.8 Å². The van der Waals surface area contributed by atoms with Crippen molar-refractivity contribution in [1.82, 2.24) is 5.43 Å². The Hall–Kier alpha value is -3.95. The Morgan fingerprint density at radius 2 is 1.82 bits per heavy atom. The third-order valence-corrected chi connectivity index (χ3v) is 6.95. The van der Waals surface area contributed by atoms with Gasteiger partial charge in [-0.1, -0.05) is 35.9 Å². The number of halogens is 1. The van der Waals surface area contributed by atoms with Crippen LogP contribution in [0.15, 0.2) is 87.8 Å². The fraction of sp³-hybridized carbons (Fsp3) is 0.138. The number of hydrogen-bond donors (Lipinski definition) is 2. The highest BCUT2D eigenvalue weighted by Crippen LogP contribution is 2.36. The summed E-state index contributed by atoms with van der Waals surface area (Å²) in [7, 11) is 1.57. The molecule has 0 aliphatic heterocycles. The number of anilines is 1. The van der Waals surface area contributed by atoms with Gasteiger partial charge in [0.2, 0.25) is 5.91 Å². The van der Waals surface area contributed by atoms with Crippen LogP contribution in [0.1, 0.15) is 31.9 Å². The molecule has 2 N–H and O–H groups in total. The zero-order valence-electron chi connectivity index (χ0n) is 20.9. The quantitative estimate of drug-likeness (QED) is 0.166. The number of carbonyl (C=O) groups is 2. The van der Waals surface area contributed by atoms with Crippen molar-refractivity contribution in [1.29, 1.82) is 0 Å². The lowest BCUT2D eigenvalue weighted by Gasteiger charge is -2.13. The first kappa shape index (κ1) is 27.1. The molecule has 1 aromatic heterocycles. The summed E-state index contributed by atoms with van der Waals surface area (Å²) in [5.74, 6) is 0.636. The summed E-state index contributed by atoms with van der Waals surface area (Å²) in [6.07, 6.45) is 1.84. The van der Waals surface area contributed by atoms with E-state index in [1.165, 1.54) is 23.1 Å². The molecule has 0 fully saturated rings. The first-order valence-corrected chi connectivity index (χ1v) is 13.4. The van der Waals surface area contributed by atoms with Gasteiger partial charge < -0.3 is 14.8 Å². The Morgan fingerprint density at radius 1 is 1.05 bits per heavy atom. The largest absolute Gasteiger partial charge is 0.493 e. The Bertz CT molecular complexity index is 1420. The van der Waals surface area contributed by atoms with Gasteiger partial charge in [-0.2, -0.15) is 5.10 Å². The molecular weight excluding hydrogens is 566 g/mol. The van der Waals surface area contributed by atoms with Gasteiger partial charge in [-0.05, 0) is 81.8 Å². The number of hydrazone groups is 1. The average Bonchev–Trinajstić information content (AvgIpc) is 3.42. The monoisotopic (exact) mass is 591 g/mol. The summed E-state index contributed by atoms with van der Waals surface area (Å²) < 4.78 is 12.2. The van der Waals surface area contributed by atoms with Crippen LogP contribution < -0.4 is 20.2 Å². The lowest BCUT2D eigenvalue weighted by atomic mass is 10.2. The molecule has 38 heavy (non-hydrogen) atoms. The maximum absolute atomic E-state index is 12.5. The molecule has 0 aliphatic carbocycles. The van der Waals surface area contributed by atoms with E-state index in [4.69, 9.17) is 9.47 Å². The molecule has 0 atom stereocenters. The zero-order valence-corrected chi connectivity index (χ0v) is 23.3. The fourth-order valence-corrected chi connectivity index (χ4v) is 4.78. The molecule has 0 bridgehead atoms. The molecule has 2 amide bonds. The Morgan fingerprint density at radius 3 is 2.50 bits per heavy atom. The van der Waals surface area contributed by atoms with Crippen LogP contribution in [0.3, 0.4) is 0 Å². The molecule has 0 radical (unpaired) electrons. The van der Waals surface area contributed by atoms with Crippen molar-refractivity contribution in [3.8, 4) is 11.5 Å². The summed E-state index contributed by atoms with van der Waals surface area (Å²) >= 11 is 5.07. The van der Waals surface area contributed by atoms with Crippen molar-refractivity contribution in [2.75, 3.05) is 12.4 Å². The number of thiophene rings is 1. The minimum Gasteiger partial charge on any atom is -0.493 e. The first-order chi connectivity index (χ1) is 18.4. The van der Waals surface area contributed by atoms with Crippen LogP contribution in [0.5, 0.6) is 11.5 Å². The average molecular weight is 593 g/mol. The third kappa shape index (κ3) is 7.53. The molecule has 0 saturated heterocycles. The van der Waals surface area contributed by atoms with Gasteiger partial charge in [0.25, 0.3) is 5.91 Å². The van der Waals surface area contributed by atoms with Gasteiger partial charge >= 0.3 is 0 Å². The molecular formula is C29H26BrN3O4S. The predicted molar refractivity (Wildman–Crippen MR) is 154 cm³/mol. The van der Waals surface area contributed by atoms with Crippen LogP contribution in [-0.2, 0) is 17.8 Å². The van der Waals surface area contributed by atoms with Crippen molar-refractivity contribution in [3.05, 3.63) is 110 Å². The number of benzene rings is 3. The standard InChI is InChI=1S/C29H26BrN3O4S/c1-19-5-7-20(8-6-19)18-37-28-25(30)14-21(15-26(28)36-2)17-31-33-29(35)22-9-11-23(12-10-22)32-27(34)16-24-4-3-13-38-24/h3-15,17H,16,18H2,1-2H3,(H,32,34)(H,33,35)/b31-17+. The van der Waals surface area contributed by atoms with Gasteiger partial charge in [-0.3, -0.25) is 9.59 Å². The number of aryl methyl sites for hydroxylation is 1. The number of amides is 2. The van der Waals surface area contributed by atoms with E-state index in [2.05, 4.69) is 31.8 Å². The summed E-state index contributed by atoms with van der Waals surface area (Å²) in [5, 5.41) is 8.84. The fourth-order valence-electron chi connectivity index (χ4n) is 3.51. The van der Waals surface area contributed by atoms with Gasteiger partial charge in [0.05, 0.1) is 24.2 Å². The maximum atomic E-state index is 12.5. The lowest BCUT2D eigenvalue weighted by Crippen LogP contribution is -2.18. The van der Waals surface area contributed by atoms with Crippen LogP contribution in [-0.4, -0.2) is 25.1 Å². The third-order valence-electron chi connectivity index (χ3n) is 5.48. The van der Waals surface area contributed by atoms with E-state index in [-0.39, 0.29) is 11.8 Å². The van der Waals surface area contributed by atoms with E-state index in [0.29, 0.717) is 45.8 Å². The number of ether oxygens (including phenoxy) is 2. The molecule has 0 saturated carbocycles. The van der Waals surface area contributed by atoms with Gasteiger partial charge in [-0.25, -0.2) is 5.43 Å². The van der Waals surface area contributed by atoms with E-state index >= 15 is 0 Å².